The molecule has 3 rings (SSSR count). The van der Waals surface area contributed by atoms with Crippen molar-refractivity contribution in [2.45, 2.75) is 50.7 Å². The van der Waals surface area contributed by atoms with Gasteiger partial charge in [-0.05, 0) is 56.4 Å². The molecule has 118 valence electrons. The lowest BCUT2D eigenvalue weighted by atomic mass is 9.99. The fourth-order valence-electron chi connectivity index (χ4n) is 3.15. The van der Waals surface area contributed by atoms with Crippen molar-refractivity contribution in [1.82, 2.24) is 9.29 Å². The molecule has 5 nitrogen and oxygen atoms in total. The van der Waals surface area contributed by atoms with E-state index in [0.29, 0.717) is 24.7 Å². The summed E-state index contributed by atoms with van der Waals surface area (Å²) in [6, 6.07) is 1.56. The van der Waals surface area contributed by atoms with E-state index >= 15 is 0 Å². The third-order valence-corrected chi connectivity index (χ3v) is 6.13. The van der Waals surface area contributed by atoms with Gasteiger partial charge in [-0.1, -0.05) is 0 Å². The molecule has 2 N–H and O–H groups in total. The molecule has 2 saturated carbocycles. The summed E-state index contributed by atoms with van der Waals surface area (Å²) < 4.78 is 29.4. The molecule has 0 amide bonds. The zero-order valence-electron chi connectivity index (χ0n) is 12.5. The van der Waals surface area contributed by atoms with E-state index in [9.17, 15) is 13.5 Å². The zero-order chi connectivity index (χ0) is 15.0. The van der Waals surface area contributed by atoms with Gasteiger partial charge in [0.15, 0.2) is 0 Å². The van der Waals surface area contributed by atoms with E-state index in [2.05, 4.69) is 4.72 Å². The molecule has 2 fully saturated rings. The van der Waals surface area contributed by atoms with Crippen LogP contribution in [0.4, 0.5) is 0 Å². The van der Waals surface area contributed by atoms with Crippen molar-refractivity contribution in [3.05, 3.63) is 18.0 Å². The van der Waals surface area contributed by atoms with Gasteiger partial charge >= 0.3 is 0 Å². The number of aliphatic hydroxyl groups is 1. The Bertz CT molecular complexity index is 567. The van der Waals surface area contributed by atoms with Crippen molar-refractivity contribution in [3.8, 4) is 0 Å². The smallest absolute Gasteiger partial charge is 0.242 e. The Hall–Kier alpha value is -0.850. The van der Waals surface area contributed by atoms with Gasteiger partial charge in [0.1, 0.15) is 0 Å². The molecular weight excluding hydrogens is 288 g/mol. The van der Waals surface area contributed by atoms with E-state index in [1.807, 2.05) is 6.92 Å². The predicted octanol–water partition coefficient (Wildman–Crippen LogP) is 1.71. The maximum atomic E-state index is 12.4. The number of aryl methyl sites for hydroxylation is 1. The normalized spacial score (nSPS) is 19.4. The highest BCUT2D eigenvalue weighted by Gasteiger charge is 2.41. The van der Waals surface area contributed by atoms with Gasteiger partial charge in [-0.25, -0.2) is 13.1 Å². The Kier molecular flexibility index (Phi) is 4.12. The number of hydrogen-bond donors (Lipinski definition) is 2. The number of nitrogens with zero attached hydrogens (tertiary/aromatic N) is 1. The van der Waals surface area contributed by atoms with Gasteiger partial charge in [0.25, 0.3) is 0 Å². The first-order valence-corrected chi connectivity index (χ1v) is 9.33. The Morgan fingerprint density at radius 1 is 1.33 bits per heavy atom. The van der Waals surface area contributed by atoms with Gasteiger partial charge in [-0.2, -0.15) is 0 Å². The van der Waals surface area contributed by atoms with Gasteiger partial charge < -0.3 is 9.67 Å². The van der Waals surface area contributed by atoms with Crippen molar-refractivity contribution in [2.75, 3.05) is 6.54 Å². The molecule has 0 bridgehead atoms. The van der Waals surface area contributed by atoms with Crippen LogP contribution in [0, 0.1) is 17.8 Å². The van der Waals surface area contributed by atoms with Crippen molar-refractivity contribution >= 4 is 10.0 Å². The lowest BCUT2D eigenvalue weighted by Gasteiger charge is -2.15. The molecule has 1 heterocycles. The first kappa shape index (κ1) is 15.1. The number of aliphatic hydroxyl groups excluding tert-OH is 1. The van der Waals surface area contributed by atoms with Crippen LogP contribution in [0.3, 0.4) is 0 Å². The van der Waals surface area contributed by atoms with Crippen molar-refractivity contribution < 1.29 is 13.5 Å². The molecular formula is C15H24N2O3S. The standard InChI is InChI=1S/C15H24N2O3S/c1-2-17-9-14(7-13(17)10-18)21(19,20)16-8-15(11-3-4-11)12-5-6-12/h7,9,11-12,15-16,18H,2-6,8,10H2,1H3. The summed E-state index contributed by atoms with van der Waals surface area (Å²) >= 11 is 0. The second-order valence-corrected chi connectivity index (χ2v) is 8.07. The molecule has 6 heteroatoms. The third-order valence-electron chi connectivity index (χ3n) is 4.74. The van der Waals surface area contributed by atoms with Gasteiger partial charge in [0, 0.05) is 25.0 Å². The van der Waals surface area contributed by atoms with Crippen LogP contribution in [0.5, 0.6) is 0 Å². The van der Waals surface area contributed by atoms with Crippen molar-refractivity contribution in [3.63, 3.8) is 0 Å². The average Bonchev–Trinajstić information content (AvgIpc) is 3.38. The van der Waals surface area contributed by atoms with E-state index in [-0.39, 0.29) is 11.5 Å². The highest BCUT2D eigenvalue weighted by atomic mass is 32.2. The Labute approximate surface area is 126 Å². The van der Waals surface area contributed by atoms with E-state index in [1.165, 1.54) is 25.7 Å². The molecule has 0 atom stereocenters. The first-order valence-electron chi connectivity index (χ1n) is 7.84. The molecule has 2 aliphatic rings. The van der Waals surface area contributed by atoms with Gasteiger partial charge in [-0.15, -0.1) is 0 Å². The van der Waals surface area contributed by atoms with Crippen LogP contribution in [0.25, 0.3) is 0 Å². The molecule has 0 spiro atoms. The van der Waals surface area contributed by atoms with Crippen LogP contribution >= 0.6 is 0 Å². The summed E-state index contributed by atoms with van der Waals surface area (Å²) in [5, 5.41) is 9.27. The predicted molar refractivity (Wildman–Crippen MR) is 80.2 cm³/mol. The van der Waals surface area contributed by atoms with E-state index < -0.39 is 10.0 Å². The van der Waals surface area contributed by atoms with Crippen LogP contribution in [-0.2, 0) is 23.2 Å². The highest BCUT2D eigenvalue weighted by Crippen LogP contribution is 2.48. The van der Waals surface area contributed by atoms with E-state index in [1.54, 1.807) is 16.8 Å². The third kappa shape index (κ3) is 3.33. The topological polar surface area (TPSA) is 71.3 Å². The molecule has 0 unspecified atom stereocenters. The number of hydrogen-bond acceptors (Lipinski definition) is 3. The lowest BCUT2D eigenvalue weighted by molar-refractivity contribution is 0.271. The molecule has 0 aliphatic heterocycles. The van der Waals surface area contributed by atoms with Crippen LogP contribution in [0.2, 0.25) is 0 Å². The van der Waals surface area contributed by atoms with Crippen LogP contribution in [-0.4, -0.2) is 24.6 Å². The number of aromatic nitrogens is 1. The lowest BCUT2D eigenvalue weighted by Crippen LogP contribution is -2.31. The Morgan fingerprint density at radius 2 is 1.95 bits per heavy atom. The SMILES string of the molecule is CCn1cc(S(=O)(=O)NCC(C2CC2)C2CC2)cc1CO. The van der Waals surface area contributed by atoms with Crippen LogP contribution in [0.1, 0.15) is 38.3 Å². The molecule has 0 radical (unpaired) electrons. The maximum absolute atomic E-state index is 12.4. The second-order valence-electron chi connectivity index (χ2n) is 6.30. The molecule has 0 saturated heterocycles. The molecule has 1 aromatic rings. The fourth-order valence-corrected chi connectivity index (χ4v) is 4.29. The monoisotopic (exact) mass is 312 g/mol. The summed E-state index contributed by atoms with van der Waals surface area (Å²) in [4.78, 5) is 0.263. The number of rotatable bonds is 8. The Morgan fingerprint density at radius 3 is 2.38 bits per heavy atom. The van der Waals surface area contributed by atoms with Crippen molar-refractivity contribution in [2.24, 2.45) is 17.8 Å². The second kappa shape index (κ2) is 5.74. The molecule has 2 aliphatic carbocycles. The number of sulfonamides is 1. The summed E-state index contributed by atoms with van der Waals surface area (Å²) in [5.74, 6) is 1.98. The maximum Gasteiger partial charge on any atom is 0.242 e. The minimum Gasteiger partial charge on any atom is -0.390 e. The first-order chi connectivity index (χ1) is 10.0. The summed E-state index contributed by atoms with van der Waals surface area (Å²) in [5.41, 5.74) is 0.638. The quantitative estimate of drug-likeness (QED) is 0.768. The highest BCUT2D eigenvalue weighted by molar-refractivity contribution is 7.89. The Balaban J connectivity index is 1.69. The van der Waals surface area contributed by atoms with E-state index in [4.69, 9.17) is 0 Å². The minimum absolute atomic E-state index is 0.143. The summed E-state index contributed by atoms with van der Waals surface area (Å²) in [6.07, 6.45) is 6.62. The zero-order valence-corrected chi connectivity index (χ0v) is 13.3. The largest absolute Gasteiger partial charge is 0.390 e. The molecule has 1 aromatic heterocycles. The van der Waals surface area contributed by atoms with Gasteiger partial charge in [0.2, 0.25) is 10.0 Å². The van der Waals surface area contributed by atoms with E-state index in [0.717, 1.165) is 11.8 Å². The summed E-state index contributed by atoms with van der Waals surface area (Å²) in [6.45, 7) is 3.00. The molecule has 21 heavy (non-hydrogen) atoms. The minimum atomic E-state index is -3.47. The van der Waals surface area contributed by atoms with Gasteiger partial charge in [0.05, 0.1) is 11.5 Å². The average molecular weight is 312 g/mol. The molecule has 0 aromatic carbocycles. The number of nitrogens with one attached hydrogen (secondary N) is 1. The van der Waals surface area contributed by atoms with Crippen molar-refractivity contribution in [1.29, 1.82) is 0 Å². The summed E-state index contributed by atoms with van der Waals surface area (Å²) in [7, 11) is -3.47. The van der Waals surface area contributed by atoms with Crippen LogP contribution in [0.15, 0.2) is 17.2 Å². The van der Waals surface area contributed by atoms with Gasteiger partial charge in [-0.3, -0.25) is 0 Å². The van der Waals surface area contributed by atoms with Crippen LogP contribution < -0.4 is 4.72 Å². The fraction of sp³-hybridized carbons (Fsp3) is 0.733.